The number of fused-ring (bicyclic) bond motifs is 1. The van der Waals surface area contributed by atoms with E-state index in [1.54, 1.807) is 55.6 Å². The van der Waals surface area contributed by atoms with E-state index in [0.29, 0.717) is 28.0 Å². The fraction of sp³-hybridized carbons (Fsp3) is 0.120. The lowest BCUT2D eigenvalue weighted by Gasteiger charge is -2.11. The molecule has 0 aliphatic heterocycles. The number of rotatable bonds is 6. The molecule has 0 saturated heterocycles. The quantitative estimate of drug-likeness (QED) is 0.316. The average Bonchev–Trinajstić information content (AvgIpc) is 3.33. The molecule has 0 atom stereocenters. The van der Waals surface area contributed by atoms with Gasteiger partial charge in [0.1, 0.15) is 17.1 Å². The number of esters is 1. The zero-order chi connectivity index (χ0) is 21.8. The van der Waals surface area contributed by atoms with Crippen LogP contribution in [0.4, 0.5) is 0 Å². The minimum atomic E-state index is -0.718. The van der Waals surface area contributed by atoms with Gasteiger partial charge in [0.15, 0.2) is 5.76 Å². The fourth-order valence-corrected chi connectivity index (χ4v) is 3.14. The van der Waals surface area contributed by atoms with Crippen molar-refractivity contribution >= 4 is 23.0 Å². The van der Waals surface area contributed by atoms with Gasteiger partial charge in [-0.15, -0.1) is 0 Å². The Hall–Kier alpha value is -4.06. The molecule has 31 heavy (non-hydrogen) atoms. The summed E-state index contributed by atoms with van der Waals surface area (Å²) < 4.78 is 21.8. The van der Waals surface area contributed by atoms with E-state index in [0.717, 1.165) is 12.0 Å². The third-order valence-corrected chi connectivity index (χ3v) is 4.80. The van der Waals surface area contributed by atoms with Crippen molar-refractivity contribution in [2.75, 3.05) is 7.11 Å². The van der Waals surface area contributed by atoms with Crippen LogP contribution in [0.5, 0.6) is 11.5 Å². The van der Waals surface area contributed by atoms with E-state index in [1.165, 1.54) is 18.4 Å². The molecule has 156 valence electrons. The van der Waals surface area contributed by atoms with E-state index in [-0.39, 0.29) is 11.5 Å². The highest BCUT2D eigenvalue weighted by Crippen LogP contribution is 2.32. The smallest absolute Gasteiger partial charge is 0.336 e. The average molecular weight is 416 g/mol. The predicted octanol–water partition coefficient (Wildman–Crippen LogP) is 5.24. The van der Waals surface area contributed by atoms with Gasteiger partial charge in [-0.25, -0.2) is 4.79 Å². The maximum absolute atomic E-state index is 13.3. The van der Waals surface area contributed by atoms with Crippen molar-refractivity contribution < 1.29 is 23.1 Å². The Balaban J connectivity index is 1.81. The largest absolute Gasteiger partial charge is 0.497 e. The molecule has 0 N–H and O–H groups in total. The Kier molecular flexibility index (Phi) is 5.71. The molecule has 0 radical (unpaired) electrons. The van der Waals surface area contributed by atoms with Crippen molar-refractivity contribution in [1.82, 2.24) is 0 Å². The number of hydrogen-bond donors (Lipinski definition) is 0. The molecule has 0 aliphatic rings. The van der Waals surface area contributed by atoms with Crippen LogP contribution in [-0.2, 0) is 11.2 Å². The van der Waals surface area contributed by atoms with E-state index >= 15 is 0 Å². The second kappa shape index (κ2) is 8.75. The minimum absolute atomic E-state index is 0.167. The zero-order valence-corrected chi connectivity index (χ0v) is 17.1. The van der Waals surface area contributed by atoms with Crippen LogP contribution in [0.1, 0.15) is 18.2 Å². The zero-order valence-electron chi connectivity index (χ0n) is 17.1. The molecule has 0 fully saturated rings. The Bertz CT molecular complexity index is 1290. The van der Waals surface area contributed by atoms with Crippen LogP contribution >= 0.6 is 0 Å². The third-order valence-electron chi connectivity index (χ3n) is 4.80. The van der Waals surface area contributed by atoms with Gasteiger partial charge in [0.05, 0.1) is 18.8 Å². The summed E-state index contributed by atoms with van der Waals surface area (Å²) in [6, 6.07) is 15.8. The van der Waals surface area contributed by atoms with Crippen molar-refractivity contribution in [3.63, 3.8) is 0 Å². The van der Waals surface area contributed by atoms with E-state index in [4.69, 9.17) is 18.3 Å². The standard InChI is InChI=1S/C25H20O6/c1-3-16-6-12-21-20(15-16)23(27)25(31-22(26)13-11-19-5-4-14-29-19)24(30-21)17-7-9-18(28-2)10-8-17/h4-15H,3H2,1-2H3/b13-11+. The first kappa shape index (κ1) is 20.2. The Labute approximate surface area is 178 Å². The van der Waals surface area contributed by atoms with Gasteiger partial charge in [-0.2, -0.15) is 0 Å². The van der Waals surface area contributed by atoms with Crippen LogP contribution in [0.15, 0.2) is 80.6 Å². The summed E-state index contributed by atoms with van der Waals surface area (Å²) in [6.45, 7) is 1.99. The summed E-state index contributed by atoms with van der Waals surface area (Å²) in [7, 11) is 1.56. The highest BCUT2D eigenvalue weighted by Gasteiger charge is 2.20. The maximum atomic E-state index is 13.3. The molecule has 0 spiro atoms. The second-order valence-corrected chi connectivity index (χ2v) is 6.77. The number of ether oxygens (including phenoxy) is 2. The Morgan fingerprint density at radius 3 is 2.58 bits per heavy atom. The molecular weight excluding hydrogens is 396 g/mol. The third kappa shape index (κ3) is 4.28. The molecular formula is C25H20O6. The van der Waals surface area contributed by atoms with Crippen molar-refractivity contribution in [3.8, 4) is 22.8 Å². The molecule has 0 saturated carbocycles. The van der Waals surface area contributed by atoms with E-state index in [1.807, 2.05) is 13.0 Å². The summed E-state index contributed by atoms with van der Waals surface area (Å²) in [5.41, 5.74) is 1.56. The van der Waals surface area contributed by atoms with Gasteiger partial charge < -0.3 is 18.3 Å². The van der Waals surface area contributed by atoms with Crippen molar-refractivity contribution in [2.45, 2.75) is 13.3 Å². The molecule has 4 rings (SSSR count). The SMILES string of the molecule is CCc1ccc2oc(-c3ccc(OC)cc3)c(OC(=O)/C=C/c3ccco3)c(=O)c2c1. The second-order valence-electron chi connectivity index (χ2n) is 6.77. The van der Waals surface area contributed by atoms with Gasteiger partial charge in [0, 0.05) is 11.6 Å². The molecule has 0 unspecified atom stereocenters. The lowest BCUT2D eigenvalue weighted by Crippen LogP contribution is -2.14. The van der Waals surface area contributed by atoms with Crippen molar-refractivity contribution in [3.05, 3.63) is 88.5 Å². The van der Waals surface area contributed by atoms with Gasteiger partial charge in [-0.1, -0.05) is 13.0 Å². The molecule has 2 aromatic heterocycles. The first-order valence-corrected chi connectivity index (χ1v) is 9.76. The van der Waals surface area contributed by atoms with Crippen LogP contribution in [0.2, 0.25) is 0 Å². The molecule has 0 aliphatic carbocycles. The van der Waals surface area contributed by atoms with Crippen LogP contribution in [0, 0.1) is 0 Å². The Morgan fingerprint density at radius 1 is 1.10 bits per heavy atom. The van der Waals surface area contributed by atoms with Gasteiger partial charge >= 0.3 is 5.97 Å². The fourth-order valence-electron chi connectivity index (χ4n) is 3.14. The van der Waals surface area contributed by atoms with Gasteiger partial charge in [-0.05, 0) is 66.6 Å². The number of carbonyl (C=O) groups is 1. The van der Waals surface area contributed by atoms with Gasteiger partial charge in [0.2, 0.25) is 11.2 Å². The molecule has 6 nitrogen and oxygen atoms in total. The minimum Gasteiger partial charge on any atom is -0.497 e. The molecule has 6 heteroatoms. The number of furan rings is 1. The van der Waals surface area contributed by atoms with E-state index in [9.17, 15) is 9.59 Å². The Morgan fingerprint density at radius 2 is 1.90 bits per heavy atom. The van der Waals surface area contributed by atoms with Crippen molar-refractivity contribution in [1.29, 1.82) is 0 Å². The lowest BCUT2D eigenvalue weighted by molar-refractivity contribution is -0.129. The van der Waals surface area contributed by atoms with Crippen LogP contribution in [0.25, 0.3) is 28.4 Å². The molecule has 0 bridgehead atoms. The topological polar surface area (TPSA) is 78.9 Å². The van der Waals surface area contributed by atoms with E-state index in [2.05, 4.69) is 0 Å². The molecule has 4 aromatic rings. The van der Waals surface area contributed by atoms with Crippen LogP contribution in [0.3, 0.4) is 0 Å². The number of aryl methyl sites for hydroxylation is 1. The highest BCUT2D eigenvalue weighted by atomic mass is 16.5. The number of carbonyl (C=O) groups excluding carboxylic acids is 1. The lowest BCUT2D eigenvalue weighted by atomic mass is 10.1. The summed E-state index contributed by atoms with van der Waals surface area (Å²) >= 11 is 0. The normalized spacial score (nSPS) is 11.2. The van der Waals surface area contributed by atoms with Gasteiger partial charge in [0.25, 0.3) is 0 Å². The maximum Gasteiger partial charge on any atom is 0.336 e. The first-order chi connectivity index (χ1) is 15.1. The first-order valence-electron chi connectivity index (χ1n) is 9.76. The summed E-state index contributed by atoms with van der Waals surface area (Å²) in [5.74, 6) is 0.429. The van der Waals surface area contributed by atoms with Crippen LogP contribution < -0.4 is 14.9 Å². The summed E-state index contributed by atoms with van der Waals surface area (Å²) in [4.78, 5) is 25.7. The summed E-state index contributed by atoms with van der Waals surface area (Å²) in [6.07, 6.45) is 4.92. The monoisotopic (exact) mass is 416 g/mol. The molecule has 2 heterocycles. The molecule has 0 amide bonds. The van der Waals surface area contributed by atoms with Gasteiger partial charge in [-0.3, -0.25) is 4.79 Å². The van der Waals surface area contributed by atoms with Crippen LogP contribution in [-0.4, -0.2) is 13.1 Å². The van der Waals surface area contributed by atoms with Crippen molar-refractivity contribution in [2.24, 2.45) is 0 Å². The predicted molar refractivity (Wildman–Crippen MR) is 117 cm³/mol. The number of methoxy groups -OCH3 is 1. The highest BCUT2D eigenvalue weighted by molar-refractivity contribution is 5.90. The number of hydrogen-bond acceptors (Lipinski definition) is 6. The summed E-state index contributed by atoms with van der Waals surface area (Å²) in [5, 5.41) is 0.356. The number of benzene rings is 2. The molecule has 2 aromatic carbocycles. The van der Waals surface area contributed by atoms with E-state index < -0.39 is 11.4 Å².